The van der Waals surface area contributed by atoms with Gasteiger partial charge in [-0.25, -0.2) is 0 Å². The number of aryl methyl sites for hydroxylation is 2. The summed E-state index contributed by atoms with van der Waals surface area (Å²) in [6, 6.07) is 5.19. The lowest BCUT2D eigenvalue weighted by atomic mass is 9.94. The molecule has 3 amide bonds. The van der Waals surface area contributed by atoms with Gasteiger partial charge in [0.2, 0.25) is 5.91 Å². The van der Waals surface area contributed by atoms with Gasteiger partial charge in [0.15, 0.2) is 6.61 Å². The molecule has 0 aromatic heterocycles. The SMILES string of the molecule is Cc1ccc(C)c(OCC(=O)NNC(=O)C2CCCN2C(=O)C(C)(C)C)c1. The Labute approximate surface area is 160 Å². The number of amides is 3. The molecule has 0 saturated carbocycles. The Bertz CT molecular complexity index is 724. The van der Waals surface area contributed by atoms with Crippen molar-refractivity contribution < 1.29 is 19.1 Å². The molecule has 2 rings (SSSR count). The molecular weight excluding hydrogens is 346 g/mol. The van der Waals surface area contributed by atoms with Crippen LogP contribution in [0.5, 0.6) is 5.75 Å². The van der Waals surface area contributed by atoms with E-state index >= 15 is 0 Å². The lowest BCUT2D eigenvalue weighted by Crippen LogP contribution is -2.53. The van der Waals surface area contributed by atoms with Crippen LogP contribution in [0.3, 0.4) is 0 Å². The van der Waals surface area contributed by atoms with E-state index in [1.807, 2.05) is 52.8 Å². The molecule has 1 heterocycles. The molecule has 2 N–H and O–H groups in total. The van der Waals surface area contributed by atoms with Gasteiger partial charge in [0, 0.05) is 12.0 Å². The predicted octanol–water partition coefficient (Wildman–Crippen LogP) is 1.87. The second kappa shape index (κ2) is 8.41. The van der Waals surface area contributed by atoms with Crippen LogP contribution in [0.15, 0.2) is 18.2 Å². The summed E-state index contributed by atoms with van der Waals surface area (Å²) in [6.07, 6.45) is 1.35. The molecule has 1 atom stereocenters. The maximum Gasteiger partial charge on any atom is 0.276 e. The molecule has 1 aromatic rings. The first kappa shape index (κ1) is 20.7. The van der Waals surface area contributed by atoms with E-state index < -0.39 is 17.4 Å². The van der Waals surface area contributed by atoms with Crippen molar-refractivity contribution in [3.05, 3.63) is 29.3 Å². The minimum Gasteiger partial charge on any atom is -0.483 e. The highest BCUT2D eigenvalue weighted by Gasteiger charge is 2.38. The third-order valence-corrected chi connectivity index (χ3v) is 4.49. The summed E-state index contributed by atoms with van der Waals surface area (Å²) in [5.74, 6) is -0.278. The zero-order chi connectivity index (χ0) is 20.2. The van der Waals surface area contributed by atoms with E-state index in [-0.39, 0.29) is 18.4 Å². The number of benzene rings is 1. The molecule has 0 aliphatic carbocycles. The van der Waals surface area contributed by atoms with Crippen molar-refractivity contribution in [3.8, 4) is 5.75 Å². The summed E-state index contributed by atoms with van der Waals surface area (Å²) in [7, 11) is 0. The number of rotatable bonds is 4. The van der Waals surface area contributed by atoms with Crippen LogP contribution < -0.4 is 15.6 Å². The number of nitrogens with zero attached hydrogens (tertiary/aromatic N) is 1. The summed E-state index contributed by atoms with van der Waals surface area (Å²) in [5.41, 5.74) is 6.19. The Morgan fingerprint density at radius 2 is 1.89 bits per heavy atom. The van der Waals surface area contributed by atoms with E-state index in [1.54, 1.807) is 4.90 Å². The van der Waals surface area contributed by atoms with Crippen LogP contribution in [0.4, 0.5) is 0 Å². The Hall–Kier alpha value is -2.57. The molecule has 1 unspecified atom stereocenters. The van der Waals surface area contributed by atoms with Gasteiger partial charge in [-0.3, -0.25) is 25.2 Å². The van der Waals surface area contributed by atoms with Gasteiger partial charge < -0.3 is 9.64 Å². The van der Waals surface area contributed by atoms with Crippen LogP contribution in [0.25, 0.3) is 0 Å². The van der Waals surface area contributed by atoms with Crippen molar-refractivity contribution in [2.45, 2.75) is 53.5 Å². The number of ether oxygens (including phenoxy) is 1. The molecular formula is C20H29N3O4. The van der Waals surface area contributed by atoms with E-state index in [4.69, 9.17) is 4.74 Å². The van der Waals surface area contributed by atoms with Crippen molar-refractivity contribution in [2.75, 3.05) is 13.2 Å². The third-order valence-electron chi connectivity index (χ3n) is 4.49. The smallest absolute Gasteiger partial charge is 0.276 e. The fourth-order valence-corrected chi connectivity index (χ4v) is 2.97. The first-order valence-electron chi connectivity index (χ1n) is 9.19. The van der Waals surface area contributed by atoms with E-state index in [0.29, 0.717) is 18.7 Å². The largest absolute Gasteiger partial charge is 0.483 e. The molecule has 0 radical (unpaired) electrons. The predicted molar refractivity (Wildman–Crippen MR) is 102 cm³/mol. The van der Waals surface area contributed by atoms with Crippen LogP contribution in [-0.4, -0.2) is 41.8 Å². The highest BCUT2D eigenvalue weighted by atomic mass is 16.5. The number of carbonyl (C=O) groups is 3. The molecule has 1 fully saturated rings. The fourth-order valence-electron chi connectivity index (χ4n) is 2.97. The molecule has 0 spiro atoms. The van der Waals surface area contributed by atoms with Crippen molar-refractivity contribution in [1.82, 2.24) is 15.8 Å². The Kier molecular flexibility index (Phi) is 6.46. The molecule has 1 aliphatic rings. The van der Waals surface area contributed by atoms with Crippen LogP contribution >= 0.6 is 0 Å². The van der Waals surface area contributed by atoms with E-state index in [1.165, 1.54) is 0 Å². The molecule has 0 bridgehead atoms. The summed E-state index contributed by atoms with van der Waals surface area (Å²) in [4.78, 5) is 38.4. The fraction of sp³-hybridized carbons (Fsp3) is 0.550. The van der Waals surface area contributed by atoms with Gasteiger partial charge in [0.25, 0.3) is 11.8 Å². The number of carbonyl (C=O) groups excluding carboxylic acids is 3. The van der Waals surface area contributed by atoms with Crippen LogP contribution in [0.1, 0.15) is 44.7 Å². The molecule has 1 saturated heterocycles. The third kappa shape index (κ3) is 5.45. The topological polar surface area (TPSA) is 87.7 Å². The highest BCUT2D eigenvalue weighted by Crippen LogP contribution is 2.25. The molecule has 7 heteroatoms. The second-order valence-electron chi connectivity index (χ2n) is 8.00. The lowest BCUT2D eigenvalue weighted by molar-refractivity contribution is -0.145. The number of hydrazine groups is 1. The molecule has 1 aliphatic heterocycles. The first-order valence-corrected chi connectivity index (χ1v) is 9.19. The van der Waals surface area contributed by atoms with Crippen LogP contribution in [-0.2, 0) is 14.4 Å². The zero-order valence-electron chi connectivity index (χ0n) is 16.7. The maximum atomic E-state index is 12.5. The van der Waals surface area contributed by atoms with Gasteiger partial charge in [-0.15, -0.1) is 0 Å². The summed E-state index contributed by atoms with van der Waals surface area (Å²) in [5, 5.41) is 0. The van der Waals surface area contributed by atoms with Gasteiger partial charge in [0.1, 0.15) is 11.8 Å². The Balaban J connectivity index is 1.84. The van der Waals surface area contributed by atoms with Crippen molar-refractivity contribution in [3.63, 3.8) is 0 Å². The van der Waals surface area contributed by atoms with E-state index in [9.17, 15) is 14.4 Å². The van der Waals surface area contributed by atoms with Gasteiger partial charge >= 0.3 is 0 Å². The van der Waals surface area contributed by atoms with Crippen molar-refractivity contribution in [1.29, 1.82) is 0 Å². The monoisotopic (exact) mass is 375 g/mol. The van der Waals surface area contributed by atoms with Crippen molar-refractivity contribution >= 4 is 17.7 Å². The minimum absolute atomic E-state index is 0.0651. The van der Waals surface area contributed by atoms with E-state index in [2.05, 4.69) is 10.9 Å². The number of nitrogens with one attached hydrogen (secondary N) is 2. The minimum atomic E-state index is -0.558. The maximum absolute atomic E-state index is 12.5. The lowest BCUT2D eigenvalue weighted by Gasteiger charge is -2.30. The quantitative estimate of drug-likeness (QED) is 0.787. The van der Waals surface area contributed by atoms with E-state index in [0.717, 1.165) is 17.5 Å². The van der Waals surface area contributed by atoms with Crippen LogP contribution in [0, 0.1) is 19.3 Å². The van der Waals surface area contributed by atoms with Gasteiger partial charge in [-0.1, -0.05) is 32.9 Å². The first-order chi connectivity index (χ1) is 12.6. The molecule has 7 nitrogen and oxygen atoms in total. The van der Waals surface area contributed by atoms with Gasteiger partial charge in [-0.2, -0.15) is 0 Å². The summed E-state index contributed by atoms with van der Waals surface area (Å²) >= 11 is 0. The zero-order valence-corrected chi connectivity index (χ0v) is 16.7. The van der Waals surface area contributed by atoms with Gasteiger partial charge in [0.05, 0.1) is 0 Å². The summed E-state index contributed by atoms with van der Waals surface area (Å²) in [6.45, 7) is 9.67. The molecule has 148 valence electrons. The Morgan fingerprint density at radius 1 is 1.19 bits per heavy atom. The Morgan fingerprint density at radius 3 is 2.56 bits per heavy atom. The average Bonchev–Trinajstić information content (AvgIpc) is 3.08. The standard InChI is InChI=1S/C20H29N3O4/c1-13-8-9-14(2)16(11-13)27-12-17(24)21-22-18(25)15-7-6-10-23(15)19(26)20(3,4)5/h8-9,11,15H,6-7,10,12H2,1-5H3,(H,21,24)(H,22,25). The number of likely N-dealkylation sites (tertiary alicyclic amines) is 1. The normalized spacial score (nSPS) is 16.8. The summed E-state index contributed by atoms with van der Waals surface area (Å²) < 4.78 is 5.51. The molecule has 1 aromatic carbocycles. The number of hydrogen-bond donors (Lipinski definition) is 2. The van der Waals surface area contributed by atoms with Crippen molar-refractivity contribution in [2.24, 2.45) is 5.41 Å². The second-order valence-corrected chi connectivity index (χ2v) is 8.00. The van der Waals surface area contributed by atoms with Gasteiger partial charge in [-0.05, 0) is 43.9 Å². The van der Waals surface area contributed by atoms with Crippen LogP contribution in [0.2, 0.25) is 0 Å². The average molecular weight is 375 g/mol. The number of hydrogen-bond acceptors (Lipinski definition) is 4. The highest BCUT2D eigenvalue weighted by molar-refractivity contribution is 5.91. The molecule has 27 heavy (non-hydrogen) atoms.